The van der Waals surface area contributed by atoms with E-state index in [1.165, 1.54) is 25.0 Å². The fourth-order valence-electron chi connectivity index (χ4n) is 2.71. The molecule has 6 heteroatoms. The van der Waals surface area contributed by atoms with E-state index in [9.17, 15) is 0 Å². The van der Waals surface area contributed by atoms with Gasteiger partial charge in [0.2, 0.25) is 0 Å². The average Bonchev–Trinajstić information content (AvgIpc) is 3.24. The van der Waals surface area contributed by atoms with Gasteiger partial charge in [-0.25, -0.2) is 4.98 Å². The number of nitrogens with one attached hydrogen (secondary N) is 1. The number of H-pyrrole nitrogens is 1. The van der Waals surface area contributed by atoms with Crippen LogP contribution in [-0.2, 0) is 0 Å². The van der Waals surface area contributed by atoms with Gasteiger partial charge in [0.1, 0.15) is 0 Å². The predicted octanol–water partition coefficient (Wildman–Crippen LogP) is 3.88. The van der Waals surface area contributed by atoms with Crippen LogP contribution in [0.2, 0.25) is 0 Å². The van der Waals surface area contributed by atoms with Crippen molar-refractivity contribution in [1.29, 1.82) is 0 Å². The number of aromatic amines is 1. The summed E-state index contributed by atoms with van der Waals surface area (Å²) in [6.45, 7) is 1.96. The number of allylic oxidation sites excluding steroid dienone is 1. The first-order chi connectivity index (χ1) is 12.3. The van der Waals surface area contributed by atoms with Crippen LogP contribution < -0.4 is 0 Å². The molecule has 1 aliphatic rings. The van der Waals surface area contributed by atoms with Crippen molar-refractivity contribution in [2.24, 2.45) is 0 Å². The molecule has 4 rings (SSSR count). The third-order valence-corrected chi connectivity index (χ3v) is 5.10. The largest absolute Gasteiger partial charge is 0.232 e. The second-order valence-electron chi connectivity index (χ2n) is 6.14. The van der Waals surface area contributed by atoms with Crippen LogP contribution in [0.4, 0.5) is 0 Å². The lowest BCUT2D eigenvalue weighted by atomic mass is 9.83. The monoisotopic (exact) mass is 347 g/mol. The smallest absolute Gasteiger partial charge is 0.200 e. The SMILES string of the molecule is C/C(=C\c1cccc(C#Cc2nc(C3CCC3)cs2)c1)c1nn[nH]n1. The topological polar surface area (TPSA) is 67.3 Å². The summed E-state index contributed by atoms with van der Waals surface area (Å²) in [7, 11) is 0. The highest BCUT2D eigenvalue weighted by Gasteiger charge is 2.21. The number of thiazole rings is 1. The molecular formula is C19H17N5S. The number of aromatic nitrogens is 5. The van der Waals surface area contributed by atoms with E-state index in [2.05, 4.69) is 48.9 Å². The number of hydrogen-bond donors (Lipinski definition) is 1. The molecule has 1 aliphatic carbocycles. The molecule has 0 bridgehead atoms. The molecule has 124 valence electrons. The maximum Gasteiger partial charge on any atom is 0.200 e. The maximum absolute atomic E-state index is 4.66. The summed E-state index contributed by atoms with van der Waals surface area (Å²) in [6.07, 6.45) is 5.89. The summed E-state index contributed by atoms with van der Waals surface area (Å²) in [6, 6.07) is 8.10. The lowest BCUT2D eigenvalue weighted by Gasteiger charge is -2.22. The van der Waals surface area contributed by atoms with Gasteiger partial charge in [0.25, 0.3) is 0 Å². The molecule has 1 saturated carbocycles. The second kappa shape index (κ2) is 6.99. The van der Waals surface area contributed by atoms with Crippen LogP contribution in [0.25, 0.3) is 11.6 Å². The zero-order valence-corrected chi connectivity index (χ0v) is 14.7. The highest BCUT2D eigenvalue weighted by molar-refractivity contribution is 7.10. The maximum atomic E-state index is 4.66. The first-order valence-corrected chi connectivity index (χ1v) is 9.15. The Morgan fingerprint density at radius 2 is 2.24 bits per heavy atom. The Balaban J connectivity index is 1.52. The van der Waals surface area contributed by atoms with Crippen molar-refractivity contribution in [3.05, 3.63) is 57.3 Å². The summed E-state index contributed by atoms with van der Waals surface area (Å²) >= 11 is 1.64. The Labute approximate surface area is 150 Å². The molecular weight excluding hydrogens is 330 g/mol. The molecule has 0 spiro atoms. The molecule has 0 aliphatic heterocycles. The number of benzene rings is 1. The van der Waals surface area contributed by atoms with Crippen molar-refractivity contribution in [2.75, 3.05) is 0 Å². The molecule has 2 aromatic heterocycles. The number of tetrazole rings is 1. The van der Waals surface area contributed by atoms with Gasteiger partial charge in [-0.05, 0) is 60.2 Å². The molecule has 1 aromatic carbocycles. The molecule has 25 heavy (non-hydrogen) atoms. The standard InChI is InChI=1S/C19H17N5S/c1-13(19-21-23-24-22-19)10-15-5-2-4-14(11-15)8-9-18-20-17(12-25-18)16-6-3-7-16/h2,4-5,10-12,16H,3,6-7H2,1H3,(H,21,22,23,24)/b13-10+. The normalized spacial score (nSPS) is 14.7. The minimum atomic E-state index is 0.600. The number of hydrogen-bond acceptors (Lipinski definition) is 5. The third kappa shape index (κ3) is 3.67. The first kappa shape index (κ1) is 15.7. The molecule has 0 unspecified atom stereocenters. The van der Waals surface area contributed by atoms with Gasteiger partial charge in [-0.3, -0.25) is 0 Å². The van der Waals surface area contributed by atoms with Gasteiger partial charge < -0.3 is 0 Å². The number of nitrogens with zero attached hydrogens (tertiary/aromatic N) is 4. The fraction of sp³-hybridized carbons (Fsp3) is 0.263. The molecule has 0 amide bonds. The zero-order valence-electron chi connectivity index (χ0n) is 13.9. The van der Waals surface area contributed by atoms with Crippen LogP contribution >= 0.6 is 11.3 Å². The highest BCUT2D eigenvalue weighted by atomic mass is 32.1. The minimum absolute atomic E-state index is 0.600. The van der Waals surface area contributed by atoms with Crippen LogP contribution in [-0.4, -0.2) is 25.6 Å². The molecule has 0 radical (unpaired) electrons. The lowest BCUT2D eigenvalue weighted by Crippen LogP contribution is -2.08. The van der Waals surface area contributed by atoms with Gasteiger partial charge >= 0.3 is 0 Å². The first-order valence-electron chi connectivity index (χ1n) is 8.27. The van der Waals surface area contributed by atoms with E-state index in [0.29, 0.717) is 11.7 Å². The molecule has 0 saturated heterocycles. The molecule has 1 fully saturated rings. The van der Waals surface area contributed by atoms with E-state index in [4.69, 9.17) is 0 Å². The Morgan fingerprint density at radius 1 is 1.32 bits per heavy atom. The molecule has 0 atom stereocenters. The van der Waals surface area contributed by atoms with Crippen molar-refractivity contribution in [1.82, 2.24) is 25.6 Å². The Kier molecular flexibility index (Phi) is 4.40. The molecule has 5 nitrogen and oxygen atoms in total. The Morgan fingerprint density at radius 3 is 3.00 bits per heavy atom. The molecule has 3 aromatic rings. The van der Waals surface area contributed by atoms with E-state index in [0.717, 1.165) is 21.7 Å². The summed E-state index contributed by atoms with van der Waals surface area (Å²) in [5, 5.41) is 17.1. The van der Waals surface area contributed by atoms with Gasteiger partial charge in [-0.2, -0.15) is 5.21 Å². The Bertz CT molecular complexity index is 955. The van der Waals surface area contributed by atoms with E-state index in [-0.39, 0.29) is 0 Å². The van der Waals surface area contributed by atoms with Crippen LogP contribution in [0, 0.1) is 11.8 Å². The summed E-state index contributed by atoms with van der Waals surface area (Å²) in [5.41, 5.74) is 4.19. The summed E-state index contributed by atoms with van der Waals surface area (Å²) < 4.78 is 0. The summed E-state index contributed by atoms with van der Waals surface area (Å²) in [4.78, 5) is 4.66. The van der Waals surface area contributed by atoms with Crippen molar-refractivity contribution < 1.29 is 0 Å². The van der Waals surface area contributed by atoms with Crippen molar-refractivity contribution in [3.8, 4) is 11.8 Å². The van der Waals surface area contributed by atoms with Crippen LogP contribution in [0.1, 0.15) is 59.8 Å². The van der Waals surface area contributed by atoms with E-state index in [1.54, 1.807) is 11.3 Å². The van der Waals surface area contributed by atoms with Gasteiger partial charge in [-0.1, -0.05) is 24.5 Å². The predicted molar refractivity (Wildman–Crippen MR) is 98.9 cm³/mol. The lowest BCUT2D eigenvalue weighted by molar-refractivity contribution is 0.412. The van der Waals surface area contributed by atoms with E-state index >= 15 is 0 Å². The average molecular weight is 347 g/mol. The third-order valence-electron chi connectivity index (χ3n) is 4.33. The molecule has 2 heterocycles. The van der Waals surface area contributed by atoms with Crippen LogP contribution in [0.3, 0.4) is 0 Å². The minimum Gasteiger partial charge on any atom is -0.232 e. The van der Waals surface area contributed by atoms with E-state index in [1.807, 2.05) is 31.2 Å². The van der Waals surface area contributed by atoms with Gasteiger partial charge in [0.05, 0.1) is 5.69 Å². The Hall–Kier alpha value is -2.78. The fourth-order valence-corrected chi connectivity index (χ4v) is 3.46. The van der Waals surface area contributed by atoms with Gasteiger partial charge in [-0.15, -0.1) is 21.5 Å². The van der Waals surface area contributed by atoms with Crippen LogP contribution in [0.5, 0.6) is 0 Å². The van der Waals surface area contributed by atoms with Gasteiger partial charge in [0, 0.05) is 16.9 Å². The zero-order chi connectivity index (χ0) is 17.1. The quantitative estimate of drug-likeness (QED) is 0.730. The second-order valence-corrected chi connectivity index (χ2v) is 7.00. The summed E-state index contributed by atoms with van der Waals surface area (Å²) in [5.74, 6) is 7.67. The van der Waals surface area contributed by atoms with Crippen molar-refractivity contribution >= 4 is 23.0 Å². The van der Waals surface area contributed by atoms with Crippen molar-refractivity contribution in [2.45, 2.75) is 32.1 Å². The van der Waals surface area contributed by atoms with E-state index < -0.39 is 0 Å². The van der Waals surface area contributed by atoms with Gasteiger partial charge in [0.15, 0.2) is 10.8 Å². The van der Waals surface area contributed by atoms with Crippen LogP contribution in [0.15, 0.2) is 29.6 Å². The van der Waals surface area contributed by atoms with Crippen molar-refractivity contribution in [3.63, 3.8) is 0 Å². The highest BCUT2D eigenvalue weighted by Crippen LogP contribution is 2.36. The number of rotatable bonds is 3. The molecule has 1 N–H and O–H groups in total.